The van der Waals surface area contributed by atoms with Crippen molar-refractivity contribution in [3.63, 3.8) is 0 Å². The Morgan fingerprint density at radius 2 is 2.08 bits per heavy atom. The fourth-order valence-corrected chi connectivity index (χ4v) is 2.68. The minimum atomic E-state index is -0.345. The van der Waals surface area contributed by atoms with Crippen molar-refractivity contribution in [1.29, 1.82) is 0 Å². The Morgan fingerprint density at radius 3 is 2.79 bits per heavy atom. The van der Waals surface area contributed by atoms with E-state index in [4.69, 9.17) is 28.6 Å². The molecule has 0 aliphatic rings. The Kier molecular flexibility index (Phi) is 7.02. The van der Waals surface area contributed by atoms with Crippen molar-refractivity contribution < 1.29 is 9.53 Å². The van der Waals surface area contributed by atoms with E-state index in [-0.39, 0.29) is 11.0 Å². The minimum absolute atomic E-state index is 0.184. The molecule has 0 saturated carbocycles. The molecule has 0 aliphatic carbocycles. The van der Waals surface area contributed by atoms with Crippen LogP contribution in [-0.2, 0) is 0 Å². The fourth-order valence-electron chi connectivity index (χ4n) is 1.92. The van der Waals surface area contributed by atoms with Crippen LogP contribution in [0, 0.1) is 0 Å². The molecule has 2 aromatic carbocycles. The van der Waals surface area contributed by atoms with Gasteiger partial charge in [-0.1, -0.05) is 40.5 Å². The molecule has 2 rings (SSSR count). The van der Waals surface area contributed by atoms with E-state index in [0.29, 0.717) is 28.6 Å². The summed E-state index contributed by atoms with van der Waals surface area (Å²) >= 11 is 14.5. The molecule has 0 aromatic heterocycles. The number of benzene rings is 2. The number of amides is 1. The zero-order valence-electron chi connectivity index (χ0n) is 12.9. The molecule has 0 heterocycles. The van der Waals surface area contributed by atoms with Gasteiger partial charge in [-0.2, -0.15) is 0 Å². The van der Waals surface area contributed by atoms with E-state index >= 15 is 0 Å². The van der Waals surface area contributed by atoms with Crippen LogP contribution >= 0.6 is 39.7 Å². The molecule has 0 saturated heterocycles. The summed E-state index contributed by atoms with van der Waals surface area (Å²) in [7, 11) is 0. The number of halogens is 2. The Morgan fingerprint density at radius 1 is 1.29 bits per heavy atom. The summed E-state index contributed by atoms with van der Waals surface area (Å²) < 4.78 is 6.40. The molecular formula is C17H16BrClN2O2S. The average Bonchev–Trinajstić information content (AvgIpc) is 2.53. The van der Waals surface area contributed by atoms with Crippen LogP contribution in [0.2, 0.25) is 5.02 Å². The molecule has 0 spiro atoms. The standard InChI is InChI=1S/C17H16BrClN2O2S/c1-2-8-23-15-7-6-11(18)9-14(15)16(22)21-17(24)20-13-5-3-4-12(19)10-13/h3-7,9-10H,2,8H2,1H3,(H2,20,21,22,24). The Bertz CT molecular complexity index is 755. The van der Waals surface area contributed by atoms with Crippen LogP contribution < -0.4 is 15.4 Å². The van der Waals surface area contributed by atoms with Gasteiger partial charge in [0.05, 0.1) is 12.2 Å². The van der Waals surface area contributed by atoms with Crippen LogP contribution in [-0.4, -0.2) is 17.6 Å². The number of hydrogen-bond donors (Lipinski definition) is 2. The highest BCUT2D eigenvalue weighted by molar-refractivity contribution is 9.10. The molecule has 0 atom stereocenters. The van der Waals surface area contributed by atoms with Gasteiger partial charge in [0.2, 0.25) is 0 Å². The van der Waals surface area contributed by atoms with Crippen molar-refractivity contribution in [2.24, 2.45) is 0 Å². The first-order chi connectivity index (χ1) is 11.5. The number of thiocarbonyl (C=S) groups is 1. The Labute approximate surface area is 159 Å². The number of carbonyl (C=O) groups excluding carboxylic acids is 1. The lowest BCUT2D eigenvalue weighted by Gasteiger charge is -2.13. The molecule has 0 fully saturated rings. The first-order valence-electron chi connectivity index (χ1n) is 7.30. The molecule has 0 unspecified atom stereocenters. The summed E-state index contributed by atoms with van der Waals surface area (Å²) in [5.41, 5.74) is 1.11. The monoisotopic (exact) mass is 426 g/mol. The van der Waals surface area contributed by atoms with E-state index < -0.39 is 0 Å². The third-order valence-corrected chi connectivity index (χ3v) is 3.89. The Balaban J connectivity index is 2.08. The summed E-state index contributed by atoms with van der Waals surface area (Å²) in [6, 6.07) is 12.3. The molecule has 2 N–H and O–H groups in total. The van der Waals surface area contributed by atoms with Crippen molar-refractivity contribution >= 4 is 56.5 Å². The lowest BCUT2D eigenvalue weighted by molar-refractivity contribution is 0.0973. The highest BCUT2D eigenvalue weighted by Crippen LogP contribution is 2.23. The number of nitrogens with one attached hydrogen (secondary N) is 2. The second-order valence-corrected chi connectivity index (χ2v) is 6.67. The number of carbonyl (C=O) groups is 1. The topological polar surface area (TPSA) is 50.4 Å². The summed E-state index contributed by atoms with van der Waals surface area (Å²) in [5.74, 6) is 0.171. The molecule has 24 heavy (non-hydrogen) atoms. The molecule has 1 amide bonds. The summed E-state index contributed by atoms with van der Waals surface area (Å²) in [6.45, 7) is 2.54. The van der Waals surface area contributed by atoms with Crippen molar-refractivity contribution in [1.82, 2.24) is 5.32 Å². The van der Waals surface area contributed by atoms with Gasteiger partial charge in [0.15, 0.2) is 5.11 Å². The molecule has 0 radical (unpaired) electrons. The summed E-state index contributed by atoms with van der Waals surface area (Å²) in [6.07, 6.45) is 0.853. The van der Waals surface area contributed by atoms with Gasteiger partial charge >= 0.3 is 0 Å². The molecule has 126 valence electrons. The summed E-state index contributed by atoms with van der Waals surface area (Å²) in [5, 5.41) is 6.33. The number of hydrogen-bond acceptors (Lipinski definition) is 3. The maximum Gasteiger partial charge on any atom is 0.261 e. The van der Waals surface area contributed by atoms with E-state index in [0.717, 1.165) is 10.9 Å². The average molecular weight is 428 g/mol. The highest BCUT2D eigenvalue weighted by atomic mass is 79.9. The maximum atomic E-state index is 12.5. The molecule has 0 aliphatic heterocycles. The lowest BCUT2D eigenvalue weighted by Crippen LogP contribution is -2.34. The number of rotatable bonds is 5. The van der Waals surface area contributed by atoms with E-state index in [1.54, 1.807) is 36.4 Å². The molecule has 7 heteroatoms. The van der Waals surface area contributed by atoms with Gasteiger partial charge in [0.1, 0.15) is 5.75 Å². The van der Waals surface area contributed by atoms with Gasteiger partial charge in [-0.15, -0.1) is 0 Å². The van der Waals surface area contributed by atoms with Gasteiger partial charge in [-0.05, 0) is 55.0 Å². The zero-order valence-corrected chi connectivity index (χ0v) is 16.1. The number of anilines is 1. The van der Waals surface area contributed by atoms with Crippen LogP contribution in [0.3, 0.4) is 0 Å². The smallest absolute Gasteiger partial charge is 0.261 e. The lowest BCUT2D eigenvalue weighted by atomic mass is 10.2. The molecule has 4 nitrogen and oxygen atoms in total. The van der Waals surface area contributed by atoms with E-state index in [9.17, 15) is 4.79 Å². The van der Waals surface area contributed by atoms with Crippen LogP contribution in [0.4, 0.5) is 5.69 Å². The second kappa shape index (κ2) is 9.01. The van der Waals surface area contributed by atoms with Gasteiger partial charge in [0.25, 0.3) is 5.91 Å². The normalized spacial score (nSPS) is 10.1. The predicted octanol–water partition coefficient (Wildman–Crippen LogP) is 5.02. The third kappa shape index (κ3) is 5.47. The predicted molar refractivity (Wildman–Crippen MR) is 105 cm³/mol. The van der Waals surface area contributed by atoms with Crippen molar-refractivity contribution in [3.8, 4) is 5.75 Å². The fraction of sp³-hybridized carbons (Fsp3) is 0.176. The van der Waals surface area contributed by atoms with E-state index in [1.165, 1.54) is 0 Å². The van der Waals surface area contributed by atoms with Gasteiger partial charge < -0.3 is 10.1 Å². The van der Waals surface area contributed by atoms with Crippen LogP contribution in [0.15, 0.2) is 46.9 Å². The van der Waals surface area contributed by atoms with Crippen molar-refractivity contribution in [2.45, 2.75) is 13.3 Å². The van der Waals surface area contributed by atoms with E-state index in [1.807, 2.05) is 13.0 Å². The zero-order chi connectivity index (χ0) is 17.5. The Hall–Kier alpha value is -1.63. The first kappa shape index (κ1) is 18.7. The quantitative estimate of drug-likeness (QED) is 0.658. The first-order valence-corrected chi connectivity index (χ1v) is 8.87. The second-order valence-electron chi connectivity index (χ2n) is 4.91. The minimum Gasteiger partial charge on any atom is -0.493 e. The van der Waals surface area contributed by atoms with Crippen LogP contribution in [0.1, 0.15) is 23.7 Å². The molecule has 2 aromatic rings. The molecular weight excluding hydrogens is 412 g/mol. The maximum absolute atomic E-state index is 12.5. The highest BCUT2D eigenvalue weighted by Gasteiger charge is 2.15. The van der Waals surface area contributed by atoms with Crippen LogP contribution in [0.5, 0.6) is 5.75 Å². The molecule has 0 bridgehead atoms. The van der Waals surface area contributed by atoms with Crippen molar-refractivity contribution in [2.75, 3.05) is 11.9 Å². The third-order valence-electron chi connectivity index (χ3n) is 2.96. The van der Waals surface area contributed by atoms with Gasteiger partial charge in [-0.3, -0.25) is 10.1 Å². The van der Waals surface area contributed by atoms with E-state index in [2.05, 4.69) is 26.6 Å². The van der Waals surface area contributed by atoms with Gasteiger partial charge in [-0.25, -0.2) is 0 Å². The van der Waals surface area contributed by atoms with Crippen molar-refractivity contribution in [3.05, 3.63) is 57.5 Å². The SMILES string of the molecule is CCCOc1ccc(Br)cc1C(=O)NC(=S)Nc1cccc(Cl)c1. The number of ether oxygens (including phenoxy) is 1. The van der Waals surface area contributed by atoms with Gasteiger partial charge in [0, 0.05) is 15.2 Å². The van der Waals surface area contributed by atoms with Crippen LogP contribution in [0.25, 0.3) is 0 Å². The largest absolute Gasteiger partial charge is 0.493 e. The summed E-state index contributed by atoms with van der Waals surface area (Å²) in [4.78, 5) is 12.5.